The molecule has 0 unspecified atom stereocenters. The molecule has 0 aliphatic carbocycles. The van der Waals surface area contributed by atoms with Crippen LogP contribution in [0.25, 0.3) is 11.3 Å². The third-order valence-electron chi connectivity index (χ3n) is 4.76. The zero-order chi connectivity index (χ0) is 20.1. The summed E-state index contributed by atoms with van der Waals surface area (Å²) in [6.45, 7) is 2.21. The molecule has 0 amide bonds. The molecule has 2 heterocycles. The molecule has 2 aromatic carbocycles. The number of benzene rings is 2. The number of thioether (sulfide) groups is 1. The first-order valence-electron chi connectivity index (χ1n) is 9.93. The molecule has 0 fully saturated rings. The zero-order valence-corrected chi connectivity index (χ0v) is 17.2. The van der Waals surface area contributed by atoms with Crippen molar-refractivity contribution in [1.29, 1.82) is 0 Å². The molecule has 1 aromatic heterocycles. The van der Waals surface area contributed by atoms with E-state index < -0.39 is 6.23 Å². The molecule has 7 heteroatoms. The average molecular weight is 409 g/mol. The fourth-order valence-corrected chi connectivity index (χ4v) is 3.98. The van der Waals surface area contributed by atoms with Crippen molar-refractivity contribution in [3.8, 4) is 22.9 Å². The number of anilines is 1. The maximum Gasteiger partial charge on any atom is 0.247 e. The Morgan fingerprint density at radius 2 is 1.86 bits per heavy atom. The van der Waals surface area contributed by atoms with E-state index in [2.05, 4.69) is 27.4 Å². The zero-order valence-electron chi connectivity index (χ0n) is 16.3. The molecule has 0 radical (unpaired) electrons. The van der Waals surface area contributed by atoms with Crippen molar-refractivity contribution in [3.63, 3.8) is 0 Å². The van der Waals surface area contributed by atoms with E-state index in [1.807, 2.05) is 36.4 Å². The molecular formula is C22H24N4O2S. The van der Waals surface area contributed by atoms with Gasteiger partial charge in [-0.1, -0.05) is 56.1 Å². The minimum absolute atomic E-state index is 0.217. The second kappa shape index (κ2) is 9.13. The summed E-state index contributed by atoms with van der Waals surface area (Å²) in [5.41, 5.74) is 3.33. The molecule has 2 N–H and O–H groups in total. The third-order valence-corrected chi connectivity index (χ3v) is 5.68. The fraction of sp³-hybridized carbons (Fsp3) is 0.318. The minimum Gasteiger partial charge on any atom is -0.508 e. The summed E-state index contributed by atoms with van der Waals surface area (Å²) >= 11 is 1.61. The number of phenolic OH excluding ortho intramolecular Hbond substituents is 1. The van der Waals surface area contributed by atoms with Crippen LogP contribution >= 0.6 is 11.8 Å². The molecule has 0 saturated carbocycles. The van der Waals surface area contributed by atoms with Gasteiger partial charge < -0.3 is 15.2 Å². The second-order valence-corrected chi connectivity index (χ2v) is 8.00. The van der Waals surface area contributed by atoms with Gasteiger partial charge in [0.25, 0.3) is 0 Å². The molecule has 29 heavy (non-hydrogen) atoms. The van der Waals surface area contributed by atoms with Gasteiger partial charge in [0.15, 0.2) is 11.9 Å². The number of aromatic hydroxyl groups is 1. The molecule has 3 aromatic rings. The Bertz CT molecular complexity index is 965. The van der Waals surface area contributed by atoms with Crippen LogP contribution in [0.15, 0.2) is 53.7 Å². The van der Waals surface area contributed by atoms with Gasteiger partial charge in [-0.15, -0.1) is 10.2 Å². The monoisotopic (exact) mass is 408 g/mol. The number of fused-ring (bicyclic) bond motifs is 3. The van der Waals surface area contributed by atoms with Crippen molar-refractivity contribution in [3.05, 3.63) is 54.1 Å². The van der Waals surface area contributed by atoms with Crippen LogP contribution in [0.4, 0.5) is 5.69 Å². The van der Waals surface area contributed by atoms with E-state index in [1.165, 1.54) is 19.3 Å². The third kappa shape index (κ3) is 4.62. The largest absolute Gasteiger partial charge is 0.508 e. The van der Waals surface area contributed by atoms with Crippen molar-refractivity contribution in [2.75, 3.05) is 11.1 Å². The number of hydrogen-bond acceptors (Lipinski definition) is 7. The van der Waals surface area contributed by atoms with Crippen LogP contribution in [0.1, 0.15) is 44.4 Å². The van der Waals surface area contributed by atoms with Crippen molar-refractivity contribution >= 4 is 17.4 Å². The smallest absolute Gasteiger partial charge is 0.247 e. The molecule has 0 saturated heterocycles. The van der Waals surface area contributed by atoms with Crippen molar-refractivity contribution in [2.45, 2.75) is 44.0 Å². The topological polar surface area (TPSA) is 80.2 Å². The number of nitrogens with one attached hydrogen (secondary N) is 1. The van der Waals surface area contributed by atoms with E-state index in [4.69, 9.17) is 4.74 Å². The summed E-state index contributed by atoms with van der Waals surface area (Å²) in [5, 5.41) is 22.4. The number of unbranched alkanes of at least 4 members (excludes halogenated alkanes) is 3. The van der Waals surface area contributed by atoms with Crippen LogP contribution < -0.4 is 10.1 Å². The van der Waals surface area contributed by atoms with Crippen LogP contribution in [0.5, 0.6) is 11.6 Å². The molecule has 150 valence electrons. The molecule has 0 spiro atoms. The highest BCUT2D eigenvalue weighted by Crippen LogP contribution is 2.39. The van der Waals surface area contributed by atoms with Gasteiger partial charge in [0.05, 0.1) is 0 Å². The Hall–Kier alpha value is -2.80. The molecule has 1 aliphatic rings. The molecule has 1 atom stereocenters. The first kappa shape index (κ1) is 19.5. The first-order chi connectivity index (χ1) is 14.2. The van der Waals surface area contributed by atoms with Gasteiger partial charge in [-0.3, -0.25) is 0 Å². The normalized spacial score (nSPS) is 14.9. The summed E-state index contributed by atoms with van der Waals surface area (Å²) in [6.07, 6.45) is 4.39. The van der Waals surface area contributed by atoms with Gasteiger partial charge in [-0.25, -0.2) is 0 Å². The summed E-state index contributed by atoms with van der Waals surface area (Å²) in [7, 11) is 0. The Labute approximate surface area is 174 Å². The lowest BCUT2D eigenvalue weighted by atomic mass is 10.1. The number of para-hydroxylation sites is 1. The number of ether oxygens (including phenoxy) is 1. The molecule has 4 rings (SSSR count). The van der Waals surface area contributed by atoms with E-state index in [1.54, 1.807) is 23.9 Å². The quantitative estimate of drug-likeness (QED) is 0.399. The Morgan fingerprint density at radius 1 is 1.03 bits per heavy atom. The maximum absolute atomic E-state index is 9.60. The van der Waals surface area contributed by atoms with Gasteiger partial charge in [-0.05, 0) is 36.8 Å². The lowest BCUT2D eigenvalue weighted by Gasteiger charge is -2.19. The first-order valence-corrected chi connectivity index (χ1v) is 10.9. The average Bonchev–Trinajstić information content (AvgIpc) is 2.90. The van der Waals surface area contributed by atoms with Crippen LogP contribution in [-0.4, -0.2) is 26.0 Å². The molecule has 0 bridgehead atoms. The second-order valence-electron chi connectivity index (χ2n) is 6.94. The number of hydrogen-bond donors (Lipinski definition) is 2. The number of rotatable bonds is 7. The summed E-state index contributed by atoms with van der Waals surface area (Å²) < 4.78 is 6.23. The van der Waals surface area contributed by atoms with Gasteiger partial charge in [-0.2, -0.15) is 4.98 Å². The van der Waals surface area contributed by atoms with Crippen molar-refractivity contribution in [2.24, 2.45) is 0 Å². The van der Waals surface area contributed by atoms with Gasteiger partial charge in [0, 0.05) is 22.6 Å². The summed E-state index contributed by atoms with van der Waals surface area (Å²) in [4.78, 5) is 4.66. The van der Waals surface area contributed by atoms with Crippen LogP contribution in [0.2, 0.25) is 0 Å². The van der Waals surface area contributed by atoms with E-state index in [0.29, 0.717) is 16.7 Å². The van der Waals surface area contributed by atoms with Gasteiger partial charge in [0.2, 0.25) is 11.0 Å². The maximum atomic E-state index is 9.60. The van der Waals surface area contributed by atoms with Gasteiger partial charge >= 0.3 is 0 Å². The number of nitrogens with zero attached hydrogens (tertiary/aromatic N) is 3. The van der Waals surface area contributed by atoms with E-state index >= 15 is 0 Å². The lowest BCUT2D eigenvalue weighted by molar-refractivity contribution is 0.225. The van der Waals surface area contributed by atoms with Crippen LogP contribution in [0, 0.1) is 0 Å². The highest BCUT2D eigenvalue weighted by molar-refractivity contribution is 7.99. The van der Waals surface area contributed by atoms with Crippen molar-refractivity contribution in [1.82, 2.24) is 15.2 Å². The van der Waals surface area contributed by atoms with E-state index in [0.717, 1.165) is 29.0 Å². The number of phenols is 1. The SMILES string of the molecule is CCCCCCSc1nnc2c(n1)O[C@H](c1ccc(O)cc1)Nc1ccccc1-2. The standard InChI is InChI=1S/C22H24N4O2S/c1-2-3-4-7-14-29-22-24-21-19(25-26-22)17-8-5-6-9-18(17)23-20(28-21)15-10-12-16(27)13-11-15/h5-6,8-13,20,23,27H,2-4,7,14H2,1H3/t20-/m1/s1. The lowest BCUT2D eigenvalue weighted by Crippen LogP contribution is -2.17. The highest BCUT2D eigenvalue weighted by atomic mass is 32.2. The molecule has 1 aliphatic heterocycles. The highest BCUT2D eigenvalue weighted by Gasteiger charge is 2.25. The predicted octanol–water partition coefficient (Wildman–Crippen LogP) is 5.42. The van der Waals surface area contributed by atoms with Crippen LogP contribution in [-0.2, 0) is 0 Å². The van der Waals surface area contributed by atoms with Crippen molar-refractivity contribution < 1.29 is 9.84 Å². The number of aromatic nitrogens is 3. The fourth-order valence-electron chi connectivity index (χ4n) is 3.20. The molecule has 6 nitrogen and oxygen atoms in total. The van der Waals surface area contributed by atoms with Gasteiger partial charge in [0.1, 0.15) is 5.75 Å². The molecular weight excluding hydrogens is 384 g/mol. The summed E-state index contributed by atoms with van der Waals surface area (Å²) in [5.74, 6) is 1.65. The Balaban J connectivity index is 1.62. The Morgan fingerprint density at radius 3 is 2.69 bits per heavy atom. The van der Waals surface area contributed by atoms with Crippen LogP contribution in [0.3, 0.4) is 0 Å². The predicted molar refractivity (Wildman–Crippen MR) is 115 cm³/mol. The summed E-state index contributed by atoms with van der Waals surface area (Å²) in [6, 6.07) is 14.9. The minimum atomic E-state index is -0.447. The van der Waals surface area contributed by atoms with E-state index in [-0.39, 0.29) is 5.75 Å². The van der Waals surface area contributed by atoms with E-state index in [9.17, 15) is 5.11 Å². The Kier molecular flexibility index (Phi) is 6.14.